The van der Waals surface area contributed by atoms with Crippen LogP contribution in [0.3, 0.4) is 0 Å². The molecule has 0 saturated heterocycles. The minimum absolute atomic E-state index is 0.259. The zero-order valence-corrected chi connectivity index (χ0v) is 11.3. The summed E-state index contributed by atoms with van der Waals surface area (Å²) in [7, 11) is 0. The first-order valence-corrected chi connectivity index (χ1v) is 6.57. The molecule has 2 aromatic carbocycles. The molecule has 19 heavy (non-hydrogen) atoms. The standard InChI is InChI=1S/C17H20O2/c1-12-8-10-15(11-9-12)17(19)13(2)16(18)14-6-4-3-5-7-14/h3-11,13,16-19H,1-2H3/t13-,16-,17+/m1/s1. The summed E-state index contributed by atoms with van der Waals surface area (Å²) >= 11 is 0. The van der Waals surface area contributed by atoms with Gasteiger partial charge in [-0.2, -0.15) is 0 Å². The molecule has 0 saturated carbocycles. The summed E-state index contributed by atoms with van der Waals surface area (Å²) in [6, 6.07) is 17.2. The van der Waals surface area contributed by atoms with Gasteiger partial charge in [-0.1, -0.05) is 67.1 Å². The Morgan fingerprint density at radius 2 is 1.21 bits per heavy atom. The molecule has 0 unspecified atom stereocenters. The molecule has 2 N–H and O–H groups in total. The van der Waals surface area contributed by atoms with Gasteiger partial charge in [0, 0.05) is 5.92 Å². The Balaban J connectivity index is 2.15. The molecule has 100 valence electrons. The van der Waals surface area contributed by atoms with E-state index in [-0.39, 0.29) is 5.92 Å². The first-order chi connectivity index (χ1) is 9.09. The van der Waals surface area contributed by atoms with Crippen molar-refractivity contribution in [3.05, 3.63) is 71.3 Å². The maximum absolute atomic E-state index is 10.4. The van der Waals surface area contributed by atoms with Crippen molar-refractivity contribution in [1.82, 2.24) is 0 Å². The number of aliphatic hydroxyl groups excluding tert-OH is 2. The molecule has 2 aromatic rings. The number of aliphatic hydroxyl groups is 2. The lowest BCUT2D eigenvalue weighted by molar-refractivity contribution is 0.0199. The van der Waals surface area contributed by atoms with Crippen LogP contribution < -0.4 is 0 Å². The van der Waals surface area contributed by atoms with Gasteiger partial charge in [-0.25, -0.2) is 0 Å². The summed E-state index contributed by atoms with van der Waals surface area (Å²) in [5.74, 6) is -0.259. The molecular formula is C17H20O2. The Hall–Kier alpha value is -1.64. The maximum Gasteiger partial charge on any atom is 0.0843 e. The average Bonchev–Trinajstić information content (AvgIpc) is 2.46. The largest absolute Gasteiger partial charge is 0.388 e. The van der Waals surface area contributed by atoms with E-state index in [0.29, 0.717) is 0 Å². The van der Waals surface area contributed by atoms with E-state index in [1.165, 1.54) is 0 Å². The van der Waals surface area contributed by atoms with Crippen molar-refractivity contribution in [2.75, 3.05) is 0 Å². The molecule has 2 nitrogen and oxygen atoms in total. The van der Waals surface area contributed by atoms with E-state index in [1.807, 2.05) is 68.4 Å². The Morgan fingerprint density at radius 1 is 0.737 bits per heavy atom. The van der Waals surface area contributed by atoms with Gasteiger partial charge in [0.2, 0.25) is 0 Å². The van der Waals surface area contributed by atoms with E-state index in [2.05, 4.69) is 0 Å². The Morgan fingerprint density at radius 3 is 1.74 bits per heavy atom. The highest BCUT2D eigenvalue weighted by molar-refractivity contribution is 5.25. The third-order valence-corrected chi connectivity index (χ3v) is 3.56. The van der Waals surface area contributed by atoms with E-state index in [9.17, 15) is 10.2 Å². The maximum atomic E-state index is 10.4. The van der Waals surface area contributed by atoms with Gasteiger partial charge in [-0.05, 0) is 18.1 Å². The number of benzene rings is 2. The minimum Gasteiger partial charge on any atom is -0.388 e. The van der Waals surface area contributed by atoms with Crippen LogP contribution in [-0.4, -0.2) is 10.2 Å². The monoisotopic (exact) mass is 256 g/mol. The van der Waals surface area contributed by atoms with Gasteiger partial charge < -0.3 is 10.2 Å². The first-order valence-electron chi connectivity index (χ1n) is 6.57. The van der Waals surface area contributed by atoms with Crippen molar-refractivity contribution in [3.8, 4) is 0 Å². The second kappa shape index (κ2) is 6.00. The molecule has 2 rings (SSSR count). The van der Waals surface area contributed by atoms with Crippen LogP contribution in [0.5, 0.6) is 0 Å². The molecule has 0 radical (unpaired) electrons. The minimum atomic E-state index is -0.671. The van der Waals surface area contributed by atoms with Crippen molar-refractivity contribution >= 4 is 0 Å². The van der Waals surface area contributed by atoms with E-state index in [0.717, 1.165) is 16.7 Å². The lowest BCUT2D eigenvalue weighted by atomic mass is 9.88. The summed E-state index contributed by atoms with van der Waals surface area (Å²) < 4.78 is 0. The fraction of sp³-hybridized carbons (Fsp3) is 0.294. The summed E-state index contributed by atoms with van der Waals surface area (Å²) in [5, 5.41) is 20.7. The first kappa shape index (κ1) is 13.8. The van der Waals surface area contributed by atoms with E-state index >= 15 is 0 Å². The van der Waals surface area contributed by atoms with Crippen LogP contribution in [0, 0.1) is 12.8 Å². The van der Waals surface area contributed by atoms with Crippen molar-refractivity contribution in [2.45, 2.75) is 26.1 Å². The van der Waals surface area contributed by atoms with Gasteiger partial charge in [0.05, 0.1) is 12.2 Å². The summed E-state index contributed by atoms with van der Waals surface area (Å²) in [6.45, 7) is 3.88. The van der Waals surface area contributed by atoms with Crippen LogP contribution in [0.2, 0.25) is 0 Å². The van der Waals surface area contributed by atoms with Crippen LogP contribution >= 0.6 is 0 Å². The Kier molecular flexibility index (Phi) is 4.35. The molecule has 2 heteroatoms. The third kappa shape index (κ3) is 3.22. The van der Waals surface area contributed by atoms with E-state index in [1.54, 1.807) is 0 Å². The fourth-order valence-electron chi connectivity index (χ4n) is 2.19. The number of hydrogen-bond donors (Lipinski definition) is 2. The van der Waals surface area contributed by atoms with Gasteiger partial charge in [-0.15, -0.1) is 0 Å². The molecule has 0 aliphatic rings. The van der Waals surface area contributed by atoms with Crippen molar-refractivity contribution in [3.63, 3.8) is 0 Å². The third-order valence-electron chi connectivity index (χ3n) is 3.56. The molecule has 0 aliphatic heterocycles. The lowest BCUT2D eigenvalue weighted by Gasteiger charge is -2.24. The van der Waals surface area contributed by atoms with Crippen LogP contribution in [0.4, 0.5) is 0 Å². The molecule has 0 bridgehead atoms. The van der Waals surface area contributed by atoms with Crippen LogP contribution in [0.1, 0.15) is 35.8 Å². The molecular weight excluding hydrogens is 236 g/mol. The molecule has 0 amide bonds. The normalized spacial score (nSPS) is 15.8. The second-order valence-electron chi connectivity index (χ2n) is 5.07. The fourth-order valence-corrected chi connectivity index (χ4v) is 2.19. The Bertz CT molecular complexity index is 505. The smallest absolute Gasteiger partial charge is 0.0843 e. The lowest BCUT2D eigenvalue weighted by Crippen LogP contribution is -2.17. The molecule has 3 atom stereocenters. The second-order valence-corrected chi connectivity index (χ2v) is 5.07. The quantitative estimate of drug-likeness (QED) is 0.880. The molecule has 0 aliphatic carbocycles. The summed E-state index contributed by atoms with van der Waals surface area (Å²) in [4.78, 5) is 0. The van der Waals surface area contributed by atoms with Crippen LogP contribution in [0.25, 0.3) is 0 Å². The van der Waals surface area contributed by atoms with Gasteiger partial charge in [0.1, 0.15) is 0 Å². The molecule has 0 aromatic heterocycles. The topological polar surface area (TPSA) is 40.5 Å². The van der Waals surface area contributed by atoms with Crippen molar-refractivity contribution < 1.29 is 10.2 Å². The number of rotatable bonds is 4. The van der Waals surface area contributed by atoms with Gasteiger partial charge in [0.25, 0.3) is 0 Å². The van der Waals surface area contributed by atoms with Crippen LogP contribution in [0.15, 0.2) is 54.6 Å². The van der Waals surface area contributed by atoms with Gasteiger partial charge in [0.15, 0.2) is 0 Å². The highest BCUT2D eigenvalue weighted by atomic mass is 16.3. The SMILES string of the molecule is Cc1ccc([C@@H](O)[C@H](C)[C@@H](O)c2ccccc2)cc1. The molecule has 0 heterocycles. The highest BCUT2D eigenvalue weighted by Crippen LogP contribution is 2.32. The summed E-state index contributed by atoms with van der Waals surface area (Å²) in [6.07, 6.45) is -1.34. The van der Waals surface area contributed by atoms with Crippen molar-refractivity contribution in [2.24, 2.45) is 5.92 Å². The molecule has 0 spiro atoms. The van der Waals surface area contributed by atoms with Crippen molar-refractivity contribution in [1.29, 1.82) is 0 Å². The van der Waals surface area contributed by atoms with E-state index < -0.39 is 12.2 Å². The zero-order chi connectivity index (χ0) is 13.8. The van der Waals surface area contributed by atoms with Gasteiger partial charge in [-0.3, -0.25) is 0 Å². The highest BCUT2D eigenvalue weighted by Gasteiger charge is 2.24. The number of aryl methyl sites for hydroxylation is 1. The Labute approximate surface area is 114 Å². The predicted molar refractivity (Wildman–Crippen MR) is 76.7 cm³/mol. The molecule has 0 fully saturated rings. The zero-order valence-electron chi connectivity index (χ0n) is 11.3. The summed E-state index contributed by atoms with van der Waals surface area (Å²) in [5.41, 5.74) is 2.83. The average molecular weight is 256 g/mol. The predicted octanol–water partition coefficient (Wildman–Crippen LogP) is 3.40. The van der Waals surface area contributed by atoms with Crippen LogP contribution in [-0.2, 0) is 0 Å². The number of hydrogen-bond acceptors (Lipinski definition) is 2. The van der Waals surface area contributed by atoms with E-state index in [4.69, 9.17) is 0 Å². The van der Waals surface area contributed by atoms with Gasteiger partial charge >= 0.3 is 0 Å².